The van der Waals surface area contributed by atoms with E-state index in [0.29, 0.717) is 28.9 Å². The minimum atomic E-state index is -0.187. The fraction of sp³-hybridized carbons (Fsp3) is 0.250. The van der Waals surface area contributed by atoms with E-state index in [1.54, 1.807) is 23.4 Å². The molecule has 28 heavy (non-hydrogen) atoms. The van der Waals surface area contributed by atoms with E-state index in [4.69, 9.17) is 4.74 Å². The van der Waals surface area contributed by atoms with E-state index < -0.39 is 0 Å². The molecule has 0 radical (unpaired) electrons. The lowest BCUT2D eigenvalue weighted by Crippen LogP contribution is -2.32. The van der Waals surface area contributed by atoms with Gasteiger partial charge in [-0.25, -0.2) is 4.98 Å². The van der Waals surface area contributed by atoms with Crippen molar-refractivity contribution in [3.8, 4) is 5.75 Å². The number of aryl methyl sites for hydroxylation is 1. The standard InChI is InChI=1S/C20H21N3O3S2/c1-14-5-3-6-16(11-14)26-9-8-23(2)18(24)12-15-13-28-20(21-15)22-19(25)17-7-4-10-27-17/h3-7,10-11,13H,8-9,12H2,1-2H3,(H,21,22,25). The van der Waals surface area contributed by atoms with Crippen LogP contribution in [0, 0.1) is 6.92 Å². The second-order valence-electron chi connectivity index (χ2n) is 6.23. The van der Waals surface area contributed by atoms with Crippen molar-refractivity contribution in [2.75, 3.05) is 25.5 Å². The molecule has 0 aliphatic heterocycles. The Morgan fingerprint density at radius 1 is 1.21 bits per heavy atom. The zero-order valence-electron chi connectivity index (χ0n) is 15.7. The summed E-state index contributed by atoms with van der Waals surface area (Å²) in [5, 5.41) is 6.89. The summed E-state index contributed by atoms with van der Waals surface area (Å²) in [5.41, 5.74) is 1.77. The molecule has 1 N–H and O–H groups in total. The zero-order valence-corrected chi connectivity index (χ0v) is 17.3. The maximum Gasteiger partial charge on any atom is 0.267 e. The molecule has 2 amide bonds. The first kappa shape index (κ1) is 20.0. The number of rotatable bonds is 8. The summed E-state index contributed by atoms with van der Waals surface area (Å²) in [6, 6.07) is 11.4. The van der Waals surface area contributed by atoms with Crippen molar-refractivity contribution in [2.24, 2.45) is 0 Å². The van der Waals surface area contributed by atoms with Crippen LogP contribution in [0.25, 0.3) is 0 Å². The number of hydrogen-bond acceptors (Lipinski definition) is 6. The maximum absolute atomic E-state index is 12.4. The molecule has 146 valence electrons. The lowest BCUT2D eigenvalue weighted by Gasteiger charge is -2.17. The molecule has 6 nitrogen and oxygen atoms in total. The highest BCUT2D eigenvalue weighted by molar-refractivity contribution is 7.14. The molecule has 0 saturated carbocycles. The van der Waals surface area contributed by atoms with Crippen molar-refractivity contribution in [3.05, 3.63) is 63.3 Å². The number of anilines is 1. The number of likely N-dealkylation sites (N-methyl/N-ethyl adjacent to an activating group) is 1. The van der Waals surface area contributed by atoms with E-state index in [-0.39, 0.29) is 18.2 Å². The number of amides is 2. The number of benzene rings is 1. The van der Waals surface area contributed by atoms with Gasteiger partial charge in [0, 0.05) is 12.4 Å². The molecule has 0 aliphatic carbocycles. The number of ether oxygens (including phenoxy) is 1. The molecule has 0 atom stereocenters. The lowest BCUT2D eigenvalue weighted by atomic mass is 10.2. The fourth-order valence-electron chi connectivity index (χ4n) is 2.43. The van der Waals surface area contributed by atoms with Crippen molar-refractivity contribution < 1.29 is 14.3 Å². The molecule has 0 unspecified atom stereocenters. The summed E-state index contributed by atoms with van der Waals surface area (Å²) in [7, 11) is 1.74. The van der Waals surface area contributed by atoms with Gasteiger partial charge in [-0.3, -0.25) is 14.9 Å². The average Bonchev–Trinajstić information content (AvgIpc) is 3.34. The molecule has 0 bridgehead atoms. The summed E-state index contributed by atoms with van der Waals surface area (Å²) in [4.78, 5) is 31.0. The van der Waals surface area contributed by atoms with Crippen molar-refractivity contribution >= 4 is 39.6 Å². The lowest BCUT2D eigenvalue weighted by molar-refractivity contribution is -0.129. The number of thiophene rings is 1. The molecule has 8 heteroatoms. The second kappa shape index (κ2) is 9.48. The third-order valence-electron chi connectivity index (χ3n) is 3.96. The summed E-state index contributed by atoms with van der Waals surface area (Å²) in [5.74, 6) is 0.563. The minimum Gasteiger partial charge on any atom is -0.492 e. The van der Waals surface area contributed by atoms with Gasteiger partial charge in [0.05, 0.1) is 23.5 Å². The zero-order chi connectivity index (χ0) is 19.9. The Hall–Kier alpha value is -2.71. The first-order valence-electron chi connectivity index (χ1n) is 8.74. The minimum absolute atomic E-state index is 0.0470. The van der Waals surface area contributed by atoms with Gasteiger partial charge in [-0.05, 0) is 36.1 Å². The third kappa shape index (κ3) is 5.64. The van der Waals surface area contributed by atoms with Crippen LogP contribution in [0.4, 0.5) is 5.13 Å². The average molecular weight is 416 g/mol. The van der Waals surface area contributed by atoms with E-state index in [1.165, 1.54) is 22.7 Å². The predicted octanol–water partition coefficient (Wildman–Crippen LogP) is 3.85. The molecule has 1 aromatic carbocycles. The first-order valence-corrected chi connectivity index (χ1v) is 10.5. The van der Waals surface area contributed by atoms with Crippen LogP contribution in [0.3, 0.4) is 0 Å². The largest absolute Gasteiger partial charge is 0.492 e. The van der Waals surface area contributed by atoms with Crippen LogP contribution in [-0.4, -0.2) is 41.9 Å². The highest BCUT2D eigenvalue weighted by Gasteiger charge is 2.14. The van der Waals surface area contributed by atoms with Crippen molar-refractivity contribution in [3.63, 3.8) is 0 Å². The Kier molecular flexibility index (Phi) is 6.78. The van der Waals surface area contributed by atoms with Gasteiger partial charge in [-0.2, -0.15) is 0 Å². The molecular formula is C20H21N3O3S2. The van der Waals surface area contributed by atoms with Crippen LogP contribution in [0.5, 0.6) is 5.75 Å². The van der Waals surface area contributed by atoms with Crippen LogP contribution in [0.2, 0.25) is 0 Å². The predicted molar refractivity (Wildman–Crippen MR) is 112 cm³/mol. The smallest absolute Gasteiger partial charge is 0.267 e. The molecular weight excluding hydrogens is 394 g/mol. The maximum atomic E-state index is 12.4. The Labute approximate surface area is 171 Å². The SMILES string of the molecule is Cc1cccc(OCCN(C)C(=O)Cc2csc(NC(=O)c3cccs3)n2)c1. The fourth-order valence-corrected chi connectivity index (χ4v) is 3.76. The summed E-state index contributed by atoms with van der Waals surface area (Å²) < 4.78 is 5.69. The molecule has 3 rings (SSSR count). The van der Waals surface area contributed by atoms with E-state index in [9.17, 15) is 9.59 Å². The van der Waals surface area contributed by atoms with E-state index >= 15 is 0 Å². The van der Waals surface area contributed by atoms with Crippen LogP contribution in [-0.2, 0) is 11.2 Å². The van der Waals surface area contributed by atoms with E-state index in [2.05, 4.69) is 10.3 Å². The number of thiazole rings is 1. The summed E-state index contributed by atoms with van der Waals surface area (Å²) in [6.45, 7) is 2.91. The van der Waals surface area contributed by atoms with Gasteiger partial charge in [-0.15, -0.1) is 22.7 Å². The van der Waals surface area contributed by atoms with Crippen molar-refractivity contribution in [1.82, 2.24) is 9.88 Å². The van der Waals surface area contributed by atoms with Crippen LogP contribution >= 0.6 is 22.7 Å². The van der Waals surface area contributed by atoms with Crippen LogP contribution in [0.15, 0.2) is 47.2 Å². The van der Waals surface area contributed by atoms with E-state index in [0.717, 1.165) is 11.3 Å². The van der Waals surface area contributed by atoms with Gasteiger partial charge in [0.15, 0.2) is 5.13 Å². The number of carbonyl (C=O) groups excluding carboxylic acids is 2. The highest BCUT2D eigenvalue weighted by atomic mass is 32.1. The highest BCUT2D eigenvalue weighted by Crippen LogP contribution is 2.19. The van der Waals surface area contributed by atoms with Gasteiger partial charge in [0.2, 0.25) is 5.91 Å². The van der Waals surface area contributed by atoms with Gasteiger partial charge < -0.3 is 9.64 Å². The monoisotopic (exact) mass is 415 g/mol. The normalized spacial score (nSPS) is 10.5. The quantitative estimate of drug-likeness (QED) is 0.607. The van der Waals surface area contributed by atoms with Crippen LogP contribution < -0.4 is 10.1 Å². The molecule has 0 spiro atoms. The van der Waals surface area contributed by atoms with Crippen molar-refractivity contribution in [2.45, 2.75) is 13.3 Å². The van der Waals surface area contributed by atoms with Crippen molar-refractivity contribution in [1.29, 1.82) is 0 Å². The summed E-state index contributed by atoms with van der Waals surface area (Å²) >= 11 is 2.68. The second-order valence-corrected chi connectivity index (χ2v) is 8.04. The summed E-state index contributed by atoms with van der Waals surface area (Å²) in [6.07, 6.45) is 0.187. The first-order chi connectivity index (χ1) is 13.5. The molecule has 2 heterocycles. The molecule has 0 aliphatic rings. The molecule has 3 aromatic rings. The van der Waals surface area contributed by atoms with Gasteiger partial charge in [0.1, 0.15) is 12.4 Å². The number of nitrogens with zero attached hydrogens (tertiary/aromatic N) is 2. The van der Waals surface area contributed by atoms with Crippen LogP contribution in [0.1, 0.15) is 20.9 Å². The van der Waals surface area contributed by atoms with E-state index in [1.807, 2.05) is 42.6 Å². The Bertz CT molecular complexity index is 938. The van der Waals surface area contributed by atoms with Gasteiger partial charge in [-0.1, -0.05) is 18.2 Å². The topological polar surface area (TPSA) is 71.5 Å². The Balaban J connectivity index is 1.45. The Morgan fingerprint density at radius 2 is 2.07 bits per heavy atom. The number of carbonyl (C=O) groups is 2. The Morgan fingerprint density at radius 3 is 2.82 bits per heavy atom. The van der Waals surface area contributed by atoms with Gasteiger partial charge >= 0.3 is 0 Å². The number of aromatic nitrogens is 1. The van der Waals surface area contributed by atoms with Gasteiger partial charge in [0.25, 0.3) is 5.91 Å². The number of hydrogen-bond donors (Lipinski definition) is 1. The molecule has 2 aromatic heterocycles. The number of nitrogens with one attached hydrogen (secondary N) is 1. The molecule has 0 fully saturated rings. The third-order valence-corrected chi connectivity index (χ3v) is 5.64. The molecule has 0 saturated heterocycles.